The first kappa shape index (κ1) is 19.2. The summed E-state index contributed by atoms with van der Waals surface area (Å²) in [6.07, 6.45) is 2.02. The van der Waals surface area contributed by atoms with E-state index in [4.69, 9.17) is 0 Å². The summed E-state index contributed by atoms with van der Waals surface area (Å²) in [5, 5.41) is 5.92. The lowest BCUT2D eigenvalue weighted by molar-refractivity contribution is 0.251. The summed E-state index contributed by atoms with van der Waals surface area (Å²) < 4.78 is 13.1. The van der Waals surface area contributed by atoms with E-state index in [9.17, 15) is 9.18 Å². The Morgan fingerprint density at radius 1 is 1.11 bits per heavy atom. The molecule has 0 unspecified atom stereocenters. The van der Waals surface area contributed by atoms with Gasteiger partial charge in [0, 0.05) is 36.4 Å². The number of urea groups is 1. The fraction of sp³-hybridized carbons (Fsp3) is 0.409. The second-order valence-corrected chi connectivity index (χ2v) is 7.27. The van der Waals surface area contributed by atoms with Gasteiger partial charge in [-0.2, -0.15) is 0 Å². The molecule has 1 saturated carbocycles. The van der Waals surface area contributed by atoms with Crippen molar-refractivity contribution in [1.29, 1.82) is 0 Å². The van der Waals surface area contributed by atoms with Crippen molar-refractivity contribution in [3.05, 3.63) is 59.4 Å². The van der Waals surface area contributed by atoms with Crippen LogP contribution in [0, 0.1) is 12.7 Å². The SMILES string of the molecule is CCN(CC)c1ccc(NC(=O)NCC2(c3ccc(F)cc3)CC2)c(C)c1. The van der Waals surface area contributed by atoms with Gasteiger partial charge in [0.15, 0.2) is 0 Å². The third kappa shape index (κ3) is 4.41. The third-order valence-corrected chi connectivity index (χ3v) is 5.48. The van der Waals surface area contributed by atoms with Gasteiger partial charge in [-0.3, -0.25) is 0 Å². The van der Waals surface area contributed by atoms with Crippen molar-refractivity contribution in [1.82, 2.24) is 5.32 Å². The Hall–Kier alpha value is -2.56. The number of carbonyl (C=O) groups excluding carboxylic acids is 1. The molecule has 0 spiro atoms. The Kier molecular flexibility index (Phi) is 5.68. The molecule has 4 nitrogen and oxygen atoms in total. The molecular weight excluding hydrogens is 341 g/mol. The Balaban J connectivity index is 1.59. The van der Waals surface area contributed by atoms with Crippen LogP contribution in [0.15, 0.2) is 42.5 Å². The Labute approximate surface area is 160 Å². The summed E-state index contributed by atoms with van der Waals surface area (Å²) in [5.74, 6) is -0.233. The van der Waals surface area contributed by atoms with E-state index in [1.807, 2.05) is 31.2 Å². The standard InChI is InChI=1S/C22H28FN3O/c1-4-26(5-2)19-10-11-20(16(3)14-19)25-21(27)24-15-22(12-13-22)17-6-8-18(23)9-7-17/h6-11,14H,4-5,12-13,15H2,1-3H3,(H2,24,25,27). The fourth-order valence-electron chi connectivity index (χ4n) is 3.51. The van der Waals surface area contributed by atoms with Crippen LogP contribution in [0.25, 0.3) is 0 Å². The highest BCUT2D eigenvalue weighted by Crippen LogP contribution is 2.47. The molecule has 5 heteroatoms. The first-order valence-corrected chi connectivity index (χ1v) is 9.64. The molecule has 0 aromatic heterocycles. The van der Waals surface area contributed by atoms with Crippen LogP contribution in [0.5, 0.6) is 0 Å². The van der Waals surface area contributed by atoms with E-state index in [1.165, 1.54) is 12.1 Å². The fourth-order valence-corrected chi connectivity index (χ4v) is 3.51. The van der Waals surface area contributed by atoms with Gasteiger partial charge in [0.05, 0.1) is 0 Å². The maximum atomic E-state index is 13.1. The van der Waals surface area contributed by atoms with E-state index in [1.54, 1.807) is 0 Å². The summed E-state index contributed by atoms with van der Waals surface area (Å²) in [7, 11) is 0. The molecule has 144 valence electrons. The number of hydrogen-bond donors (Lipinski definition) is 2. The first-order chi connectivity index (χ1) is 13.0. The molecule has 0 atom stereocenters. The van der Waals surface area contributed by atoms with Crippen molar-refractivity contribution in [2.75, 3.05) is 29.9 Å². The molecule has 1 aliphatic carbocycles. The highest BCUT2D eigenvalue weighted by molar-refractivity contribution is 5.90. The zero-order valence-corrected chi connectivity index (χ0v) is 16.3. The number of rotatable bonds is 7. The molecule has 0 bridgehead atoms. The molecule has 27 heavy (non-hydrogen) atoms. The van der Waals surface area contributed by atoms with Gasteiger partial charge < -0.3 is 15.5 Å². The molecule has 0 saturated heterocycles. The second kappa shape index (κ2) is 7.99. The zero-order valence-electron chi connectivity index (χ0n) is 16.3. The quantitative estimate of drug-likeness (QED) is 0.734. The minimum Gasteiger partial charge on any atom is -0.372 e. The molecule has 2 aromatic carbocycles. The van der Waals surface area contributed by atoms with E-state index in [0.29, 0.717) is 6.54 Å². The highest BCUT2D eigenvalue weighted by Gasteiger charge is 2.44. The zero-order chi connectivity index (χ0) is 19.4. The van der Waals surface area contributed by atoms with Crippen LogP contribution in [0.2, 0.25) is 0 Å². The lowest BCUT2D eigenvalue weighted by atomic mass is 9.96. The molecule has 1 fully saturated rings. The lowest BCUT2D eigenvalue weighted by Gasteiger charge is -2.22. The summed E-state index contributed by atoms with van der Waals surface area (Å²) in [6, 6.07) is 12.5. The summed E-state index contributed by atoms with van der Waals surface area (Å²) in [6.45, 7) is 8.73. The van der Waals surface area contributed by atoms with Crippen LogP contribution < -0.4 is 15.5 Å². The molecule has 1 aliphatic rings. The van der Waals surface area contributed by atoms with Crippen molar-refractivity contribution in [3.8, 4) is 0 Å². The Morgan fingerprint density at radius 3 is 2.33 bits per heavy atom. The number of hydrogen-bond acceptors (Lipinski definition) is 2. The maximum absolute atomic E-state index is 13.1. The van der Waals surface area contributed by atoms with Crippen molar-refractivity contribution in [2.45, 2.75) is 39.0 Å². The van der Waals surface area contributed by atoms with Gasteiger partial charge in [-0.15, -0.1) is 0 Å². The molecule has 2 aromatic rings. The van der Waals surface area contributed by atoms with Gasteiger partial charge in [-0.25, -0.2) is 9.18 Å². The van der Waals surface area contributed by atoms with Crippen LogP contribution in [0.1, 0.15) is 37.8 Å². The van der Waals surface area contributed by atoms with Crippen molar-refractivity contribution in [2.24, 2.45) is 0 Å². The Morgan fingerprint density at radius 2 is 1.78 bits per heavy atom. The smallest absolute Gasteiger partial charge is 0.319 e. The number of nitrogens with zero attached hydrogens (tertiary/aromatic N) is 1. The average Bonchev–Trinajstić information content (AvgIpc) is 3.45. The monoisotopic (exact) mass is 369 g/mol. The van der Waals surface area contributed by atoms with E-state index in [0.717, 1.165) is 48.4 Å². The normalized spacial score (nSPS) is 14.5. The molecular formula is C22H28FN3O. The summed E-state index contributed by atoms with van der Waals surface area (Å²) in [4.78, 5) is 14.6. The van der Waals surface area contributed by atoms with Crippen LogP contribution in [-0.2, 0) is 5.41 Å². The number of nitrogens with one attached hydrogen (secondary N) is 2. The number of halogens is 1. The van der Waals surface area contributed by atoms with E-state index in [-0.39, 0.29) is 17.3 Å². The lowest BCUT2D eigenvalue weighted by Crippen LogP contribution is -2.35. The second-order valence-electron chi connectivity index (χ2n) is 7.27. The minimum absolute atomic E-state index is 0.0489. The Bertz CT molecular complexity index is 796. The van der Waals surface area contributed by atoms with E-state index >= 15 is 0 Å². The first-order valence-electron chi connectivity index (χ1n) is 9.64. The highest BCUT2D eigenvalue weighted by atomic mass is 19.1. The van der Waals surface area contributed by atoms with Gasteiger partial charge in [0.1, 0.15) is 5.82 Å². The van der Waals surface area contributed by atoms with Gasteiger partial charge >= 0.3 is 6.03 Å². The van der Waals surface area contributed by atoms with Gasteiger partial charge in [-0.05, 0) is 75.1 Å². The van der Waals surface area contributed by atoms with Crippen LogP contribution in [0.3, 0.4) is 0 Å². The average molecular weight is 369 g/mol. The van der Waals surface area contributed by atoms with Crippen molar-refractivity contribution in [3.63, 3.8) is 0 Å². The number of aryl methyl sites for hydroxylation is 1. The predicted molar refractivity (Wildman–Crippen MR) is 109 cm³/mol. The largest absolute Gasteiger partial charge is 0.372 e. The minimum atomic E-state index is -0.233. The number of carbonyl (C=O) groups is 1. The van der Waals surface area contributed by atoms with Crippen molar-refractivity contribution >= 4 is 17.4 Å². The van der Waals surface area contributed by atoms with Crippen molar-refractivity contribution < 1.29 is 9.18 Å². The molecule has 3 rings (SSSR count). The third-order valence-electron chi connectivity index (χ3n) is 5.48. The van der Waals surface area contributed by atoms with E-state index < -0.39 is 0 Å². The maximum Gasteiger partial charge on any atom is 0.319 e. The summed E-state index contributed by atoms with van der Waals surface area (Å²) >= 11 is 0. The van der Waals surface area contributed by atoms with Gasteiger partial charge in [0.25, 0.3) is 0 Å². The molecule has 2 amide bonds. The molecule has 0 aliphatic heterocycles. The number of amides is 2. The molecule has 0 heterocycles. The van der Waals surface area contributed by atoms with Gasteiger partial charge in [0.2, 0.25) is 0 Å². The van der Waals surface area contributed by atoms with Gasteiger partial charge in [-0.1, -0.05) is 12.1 Å². The summed E-state index contributed by atoms with van der Waals surface area (Å²) in [5.41, 5.74) is 4.05. The van der Waals surface area contributed by atoms with Crippen LogP contribution in [-0.4, -0.2) is 25.7 Å². The number of anilines is 2. The number of benzene rings is 2. The molecule has 0 radical (unpaired) electrons. The van der Waals surface area contributed by atoms with Crippen LogP contribution in [0.4, 0.5) is 20.6 Å². The van der Waals surface area contributed by atoms with Crippen LogP contribution >= 0.6 is 0 Å². The topological polar surface area (TPSA) is 44.4 Å². The molecule has 2 N–H and O–H groups in total. The van der Waals surface area contributed by atoms with E-state index in [2.05, 4.69) is 35.4 Å². The predicted octanol–water partition coefficient (Wildman–Crippen LogP) is 4.83.